The molecule has 0 saturated carbocycles. The molecule has 2 aromatic carbocycles. The summed E-state index contributed by atoms with van der Waals surface area (Å²) in [7, 11) is 0. The Hall–Kier alpha value is -3.34. The first-order valence-corrected chi connectivity index (χ1v) is 8.64. The maximum Gasteiger partial charge on any atom is 0.306 e. The highest BCUT2D eigenvalue weighted by atomic mass is 32.2. The smallest absolute Gasteiger partial charge is 0.306 e. The van der Waals surface area contributed by atoms with Crippen LogP contribution in [0, 0.1) is 22.9 Å². The molecule has 3 aromatic rings. The van der Waals surface area contributed by atoms with Crippen molar-refractivity contribution >= 4 is 29.0 Å². The Labute approximate surface area is 156 Å². The van der Waals surface area contributed by atoms with Crippen molar-refractivity contribution in [3.05, 3.63) is 64.0 Å². The van der Waals surface area contributed by atoms with Gasteiger partial charge in [-0.15, -0.1) is 5.10 Å². The molecular formula is C16H13FN6O3S. The summed E-state index contributed by atoms with van der Waals surface area (Å²) >= 11 is 1.10. The van der Waals surface area contributed by atoms with Crippen molar-refractivity contribution in [3.8, 4) is 5.69 Å². The van der Waals surface area contributed by atoms with Crippen LogP contribution < -0.4 is 5.32 Å². The quantitative estimate of drug-likeness (QED) is 0.392. The minimum absolute atomic E-state index is 0.0304. The van der Waals surface area contributed by atoms with E-state index in [1.807, 2.05) is 31.2 Å². The molecule has 138 valence electrons. The van der Waals surface area contributed by atoms with Gasteiger partial charge in [-0.3, -0.25) is 14.9 Å². The van der Waals surface area contributed by atoms with Gasteiger partial charge in [0.1, 0.15) is 0 Å². The van der Waals surface area contributed by atoms with E-state index in [4.69, 9.17) is 0 Å². The minimum Gasteiger partial charge on any atom is -0.325 e. The number of tetrazole rings is 1. The van der Waals surface area contributed by atoms with Crippen molar-refractivity contribution in [2.75, 3.05) is 11.1 Å². The van der Waals surface area contributed by atoms with Gasteiger partial charge in [-0.1, -0.05) is 23.9 Å². The van der Waals surface area contributed by atoms with Crippen molar-refractivity contribution in [1.82, 2.24) is 20.2 Å². The van der Waals surface area contributed by atoms with Crippen LogP contribution in [0.2, 0.25) is 0 Å². The largest absolute Gasteiger partial charge is 0.325 e. The minimum atomic E-state index is -0.968. The number of halogens is 1. The second kappa shape index (κ2) is 7.91. The molecular weight excluding hydrogens is 375 g/mol. The normalized spacial score (nSPS) is 10.6. The van der Waals surface area contributed by atoms with Crippen molar-refractivity contribution < 1.29 is 14.1 Å². The number of aromatic nitrogens is 4. The predicted molar refractivity (Wildman–Crippen MR) is 96.3 cm³/mol. The van der Waals surface area contributed by atoms with Crippen LogP contribution in [0.4, 0.5) is 15.8 Å². The first kappa shape index (κ1) is 18.5. The number of nitro benzene ring substituents is 1. The lowest BCUT2D eigenvalue weighted by molar-refractivity contribution is -0.387. The van der Waals surface area contributed by atoms with Gasteiger partial charge in [0.05, 0.1) is 16.4 Å². The molecule has 11 heteroatoms. The molecule has 1 amide bonds. The number of rotatable bonds is 6. The molecule has 27 heavy (non-hydrogen) atoms. The number of anilines is 1. The highest BCUT2D eigenvalue weighted by Gasteiger charge is 2.16. The van der Waals surface area contributed by atoms with Crippen LogP contribution in [0.1, 0.15) is 5.56 Å². The number of nitrogens with one attached hydrogen (secondary N) is 1. The van der Waals surface area contributed by atoms with Gasteiger partial charge >= 0.3 is 5.69 Å². The van der Waals surface area contributed by atoms with E-state index in [1.165, 1.54) is 10.7 Å². The standard InChI is InChI=1S/C16H13FN6O3S/c1-10-3-2-4-12(7-10)22-16(19-20-21-22)27-9-15(24)18-11-5-6-13(17)14(8-11)23(25)26/h2-8H,9H2,1H3,(H,18,24). The predicted octanol–water partition coefficient (Wildman–Crippen LogP) is 2.75. The summed E-state index contributed by atoms with van der Waals surface area (Å²) in [6.07, 6.45) is 0. The summed E-state index contributed by atoms with van der Waals surface area (Å²) in [6.45, 7) is 1.94. The molecule has 0 bridgehead atoms. The Kier molecular flexibility index (Phi) is 5.41. The van der Waals surface area contributed by atoms with Crippen molar-refractivity contribution in [2.24, 2.45) is 0 Å². The Morgan fingerprint density at radius 2 is 2.15 bits per heavy atom. The lowest BCUT2D eigenvalue weighted by atomic mass is 10.2. The number of hydrogen-bond donors (Lipinski definition) is 1. The van der Waals surface area contributed by atoms with Crippen LogP contribution >= 0.6 is 11.8 Å². The third-order valence-electron chi connectivity index (χ3n) is 3.45. The number of carbonyl (C=O) groups excluding carboxylic acids is 1. The molecule has 0 aliphatic rings. The van der Waals surface area contributed by atoms with Crippen LogP contribution in [-0.4, -0.2) is 36.8 Å². The number of amides is 1. The molecule has 0 aliphatic carbocycles. The molecule has 1 heterocycles. The Morgan fingerprint density at radius 3 is 2.89 bits per heavy atom. The highest BCUT2D eigenvalue weighted by Crippen LogP contribution is 2.23. The summed E-state index contributed by atoms with van der Waals surface area (Å²) in [5.41, 5.74) is 1.22. The highest BCUT2D eigenvalue weighted by molar-refractivity contribution is 7.99. The molecule has 9 nitrogen and oxygen atoms in total. The number of aryl methyl sites for hydroxylation is 1. The second-order valence-corrected chi connectivity index (χ2v) is 6.41. The van der Waals surface area contributed by atoms with Crippen LogP contribution in [0.15, 0.2) is 47.6 Å². The zero-order chi connectivity index (χ0) is 19.4. The maximum atomic E-state index is 13.3. The van der Waals surface area contributed by atoms with E-state index in [-0.39, 0.29) is 11.4 Å². The van der Waals surface area contributed by atoms with Crippen LogP contribution in [-0.2, 0) is 4.79 Å². The SMILES string of the molecule is Cc1cccc(-n2nnnc2SCC(=O)Nc2ccc(F)c([N+](=O)[O-])c2)c1. The topological polar surface area (TPSA) is 116 Å². The van der Waals surface area contributed by atoms with Gasteiger partial charge in [-0.05, 0) is 47.2 Å². The number of benzene rings is 2. The number of carbonyl (C=O) groups is 1. The van der Waals surface area contributed by atoms with Gasteiger partial charge in [0.25, 0.3) is 0 Å². The summed E-state index contributed by atoms with van der Waals surface area (Å²) in [4.78, 5) is 22.0. The molecule has 0 saturated heterocycles. The van der Waals surface area contributed by atoms with Gasteiger partial charge in [0.2, 0.25) is 16.9 Å². The van der Waals surface area contributed by atoms with Crippen molar-refractivity contribution in [1.29, 1.82) is 0 Å². The van der Waals surface area contributed by atoms with Gasteiger partial charge in [-0.25, -0.2) is 0 Å². The van der Waals surface area contributed by atoms with Crippen LogP contribution in [0.5, 0.6) is 0 Å². The van der Waals surface area contributed by atoms with E-state index < -0.39 is 22.3 Å². The molecule has 0 radical (unpaired) electrons. The fourth-order valence-corrected chi connectivity index (χ4v) is 2.94. The number of hydrogen-bond acceptors (Lipinski definition) is 7. The molecule has 1 N–H and O–H groups in total. The number of nitrogens with zero attached hydrogens (tertiary/aromatic N) is 5. The van der Waals surface area contributed by atoms with Gasteiger partial charge < -0.3 is 5.32 Å². The van der Waals surface area contributed by atoms with Gasteiger partial charge in [-0.2, -0.15) is 9.07 Å². The lowest BCUT2D eigenvalue weighted by Gasteiger charge is -2.06. The van der Waals surface area contributed by atoms with Crippen molar-refractivity contribution in [2.45, 2.75) is 12.1 Å². The molecule has 0 atom stereocenters. The third-order valence-corrected chi connectivity index (χ3v) is 4.37. The van der Waals surface area contributed by atoms with Gasteiger partial charge in [0, 0.05) is 11.8 Å². The summed E-state index contributed by atoms with van der Waals surface area (Å²) in [5, 5.41) is 25.1. The zero-order valence-electron chi connectivity index (χ0n) is 14.0. The molecule has 0 fully saturated rings. The lowest BCUT2D eigenvalue weighted by Crippen LogP contribution is -2.15. The van der Waals surface area contributed by atoms with E-state index in [0.717, 1.165) is 35.1 Å². The molecule has 0 aliphatic heterocycles. The van der Waals surface area contributed by atoms with E-state index in [2.05, 4.69) is 20.8 Å². The molecule has 0 unspecified atom stereocenters. The summed E-state index contributed by atoms with van der Waals surface area (Å²) in [5.74, 6) is -1.43. The Morgan fingerprint density at radius 1 is 1.33 bits per heavy atom. The number of nitro groups is 1. The van der Waals surface area contributed by atoms with E-state index in [0.29, 0.717) is 5.16 Å². The first-order valence-electron chi connectivity index (χ1n) is 7.66. The zero-order valence-corrected chi connectivity index (χ0v) is 14.8. The average Bonchev–Trinajstić information content (AvgIpc) is 3.10. The fraction of sp³-hybridized carbons (Fsp3) is 0.125. The van der Waals surface area contributed by atoms with E-state index in [9.17, 15) is 19.3 Å². The van der Waals surface area contributed by atoms with Gasteiger partial charge in [0.15, 0.2) is 0 Å². The fourth-order valence-electron chi connectivity index (χ4n) is 2.25. The summed E-state index contributed by atoms with van der Waals surface area (Å²) in [6, 6.07) is 10.7. The second-order valence-electron chi connectivity index (χ2n) is 5.47. The molecule has 1 aromatic heterocycles. The third kappa shape index (κ3) is 4.44. The monoisotopic (exact) mass is 388 g/mol. The summed E-state index contributed by atoms with van der Waals surface area (Å²) < 4.78 is 14.8. The van der Waals surface area contributed by atoms with Crippen LogP contribution in [0.3, 0.4) is 0 Å². The average molecular weight is 388 g/mol. The molecule has 3 rings (SSSR count). The number of thioether (sulfide) groups is 1. The van der Waals surface area contributed by atoms with Crippen LogP contribution in [0.25, 0.3) is 5.69 Å². The maximum absolute atomic E-state index is 13.3. The first-order chi connectivity index (χ1) is 12.9. The van der Waals surface area contributed by atoms with E-state index in [1.54, 1.807) is 0 Å². The van der Waals surface area contributed by atoms with Crippen molar-refractivity contribution in [3.63, 3.8) is 0 Å². The Balaban J connectivity index is 1.66. The Bertz CT molecular complexity index is 1010. The van der Waals surface area contributed by atoms with E-state index >= 15 is 0 Å². The molecule has 0 spiro atoms.